The Morgan fingerprint density at radius 3 is 2.82 bits per heavy atom. The van der Waals surface area contributed by atoms with Crippen molar-refractivity contribution in [2.75, 3.05) is 26.7 Å². The van der Waals surface area contributed by atoms with E-state index in [-0.39, 0.29) is 5.91 Å². The number of nitrogens with zero attached hydrogens (tertiary/aromatic N) is 2. The van der Waals surface area contributed by atoms with Gasteiger partial charge in [-0.3, -0.25) is 9.69 Å². The fourth-order valence-electron chi connectivity index (χ4n) is 1.96. The fraction of sp³-hybridized carbons (Fsp3) is 0.786. The Balaban J connectivity index is 2.24. The number of hydrogen-bond acceptors (Lipinski definition) is 2. The van der Waals surface area contributed by atoms with E-state index in [1.807, 2.05) is 4.90 Å². The summed E-state index contributed by atoms with van der Waals surface area (Å²) in [6.45, 7) is 6.79. The van der Waals surface area contributed by atoms with Crippen LogP contribution in [0.5, 0.6) is 0 Å². The molecule has 0 aromatic rings. The van der Waals surface area contributed by atoms with E-state index < -0.39 is 0 Å². The van der Waals surface area contributed by atoms with Crippen molar-refractivity contribution < 1.29 is 4.79 Å². The van der Waals surface area contributed by atoms with Crippen molar-refractivity contribution in [2.24, 2.45) is 0 Å². The van der Waals surface area contributed by atoms with Gasteiger partial charge in [0, 0.05) is 12.5 Å². The zero-order valence-electron chi connectivity index (χ0n) is 11.3. The minimum Gasteiger partial charge on any atom is -0.329 e. The molecule has 0 N–H and O–H groups in total. The molecule has 0 radical (unpaired) electrons. The maximum absolute atomic E-state index is 11.5. The highest BCUT2D eigenvalue weighted by Crippen LogP contribution is 2.16. The molecule has 0 spiro atoms. The van der Waals surface area contributed by atoms with Gasteiger partial charge >= 0.3 is 0 Å². The third kappa shape index (κ3) is 4.79. The van der Waals surface area contributed by atoms with E-state index in [0.29, 0.717) is 19.0 Å². The summed E-state index contributed by atoms with van der Waals surface area (Å²) in [5.74, 6) is 6.51. The van der Waals surface area contributed by atoms with Gasteiger partial charge in [0.05, 0.1) is 13.1 Å². The van der Waals surface area contributed by atoms with Crippen molar-refractivity contribution in [3.8, 4) is 11.8 Å². The van der Waals surface area contributed by atoms with Crippen LogP contribution < -0.4 is 0 Å². The summed E-state index contributed by atoms with van der Waals surface area (Å²) in [5.41, 5.74) is 0. The van der Waals surface area contributed by atoms with Crippen molar-refractivity contribution in [3.05, 3.63) is 0 Å². The van der Waals surface area contributed by atoms with Crippen molar-refractivity contribution in [1.82, 2.24) is 9.80 Å². The third-order valence-electron chi connectivity index (χ3n) is 3.25. The Morgan fingerprint density at radius 1 is 1.47 bits per heavy atom. The molecular formula is C14H24N2O. The van der Waals surface area contributed by atoms with Crippen LogP contribution in [-0.2, 0) is 4.79 Å². The second kappa shape index (κ2) is 7.34. The number of hydrogen-bond donors (Lipinski definition) is 0. The number of unbranched alkanes of at least 4 members (excludes halogenated alkanes) is 1. The van der Waals surface area contributed by atoms with Crippen LogP contribution in [-0.4, -0.2) is 48.4 Å². The van der Waals surface area contributed by atoms with Gasteiger partial charge in [0.1, 0.15) is 0 Å². The Labute approximate surface area is 105 Å². The number of likely N-dealkylation sites (tertiary alicyclic amines) is 1. The Hall–Kier alpha value is -1.01. The quantitative estimate of drug-likeness (QED) is 0.679. The van der Waals surface area contributed by atoms with Crippen LogP contribution in [0.1, 0.15) is 39.5 Å². The van der Waals surface area contributed by atoms with E-state index in [9.17, 15) is 4.79 Å². The first-order chi connectivity index (χ1) is 8.15. The first-order valence-electron chi connectivity index (χ1n) is 6.59. The van der Waals surface area contributed by atoms with Gasteiger partial charge in [-0.15, -0.1) is 0 Å². The van der Waals surface area contributed by atoms with E-state index in [1.165, 1.54) is 12.8 Å². The van der Waals surface area contributed by atoms with Crippen molar-refractivity contribution >= 4 is 5.91 Å². The van der Waals surface area contributed by atoms with E-state index in [0.717, 1.165) is 19.5 Å². The average Bonchev–Trinajstić information content (AvgIpc) is 2.62. The average molecular weight is 236 g/mol. The molecule has 1 heterocycles. The molecule has 17 heavy (non-hydrogen) atoms. The molecule has 1 atom stereocenters. The first-order valence-corrected chi connectivity index (χ1v) is 6.59. The fourth-order valence-corrected chi connectivity index (χ4v) is 1.96. The molecule has 0 bridgehead atoms. The van der Waals surface area contributed by atoms with E-state index in [2.05, 4.69) is 37.6 Å². The number of carbonyl (C=O) groups is 1. The molecule has 0 aliphatic carbocycles. The van der Waals surface area contributed by atoms with Crippen molar-refractivity contribution in [1.29, 1.82) is 0 Å². The topological polar surface area (TPSA) is 23.6 Å². The summed E-state index contributed by atoms with van der Waals surface area (Å²) >= 11 is 0. The lowest BCUT2D eigenvalue weighted by atomic mass is 10.2. The van der Waals surface area contributed by atoms with Gasteiger partial charge < -0.3 is 4.90 Å². The minimum absolute atomic E-state index is 0.256. The molecule has 1 rings (SSSR count). The standard InChI is InChI=1S/C14H24N2O/c1-4-5-10-15(3)11-6-7-12-16-13(2)8-9-14(16)17/h13H,4-5,8-12H2,1-3H3. The van der Waals surface area contributed by atoms with Crippen molar-refractivity contribution in [3.63, 3.8) is 0 Å². The zero-order valence-corrected chi connectivity index (χ0v) is 11.3. The lowest BCUT2D eigenvalue weighted by Gasteiger charge is -2.18. The predicted octanol–water partition coefficient (Wildman–Crippen LogP) is 1.73. The van der Waals surface area contributed by atoms with Gasteiger partial charge in [0.2, 0.25) is 5.91 Å². The molecule has 0 saturated carbocycles. The highest BCUT2D eigenvalue weighted by atomic mass is 16.2. The van der Waals surface area contributed by atoms with E-state index in [1.54, 1.807) is 0 Å². The number of carbonyl (C=O) groups excluding carboxylic acids is 1. The van der Waals surface area contributed by atoms with Gasteiger partial charge in [-0.1, -0.05) is 25.2 Å². The van der Waals surface area contributed by atoms with Gasteiger partial charge in [-0.25, -0.2) is 0 Å². The summed E-state index contributed by atoms with van der Waals surface area (Å²) in [4.78, 5) is 15.6. The molecule has 0 aromatic heterocycles. The molecule has 1 amide bonds. The summed E-state index contributed by atoms with van der Waals surface area (Å²) in [6.07, 6.45) is 4.12. The summed E-state index contributed by atoms with van der Waals surface area (Å²) in [7, 11) is 2.09. The Kier molecular flexibility index (Phi) is 6.07. The molecule has 1 aliphatic rings. The molecule has 96 valence electrons. The molecule has 1 aliphatic heterocycles. The minimum atomic E-state index is 0.256. The second-order valence-corrected chi connectivity index (χ2v) is 4.85. The zero-order chi connectivity index (χ0) is 12.7. The monoisotopic (exact) mass is 236 g/mol. The van der Waals surface area contributed by atoms with Gasteiger partial charge in [-0.05, 0) is 33.4 Å². The molecule has 1 fully saturated rings. The molecule has 3 heteroatoms. The lowest BCUT2D eigenvalue weighted by Crippen LogP contribution is -2.31. The van der Waals surface area contributed by atoms with Crippen molar-refractivity contribution in [2.45, 2.75) is 45.6 Å². The van der Waals surface area contributed by atoms with Crippen LogP contribution in [0.4, 0.5) is 0 Å². The van der Waals surface area contributed by atoms with E-state index >= 15 is 0 Å². The van der Waals surface area contributed by atoms with E-state index in [4.69, 9.17) is 0 Å². The number of amides is 1. The van der Waals surface area contributed by atoms with Crippen LogP contribution in [0, 0.1) is 11.8 Å². The van der Waals surface area contributed by atoms with Crippen LogP contribution in [0.15, 0.2) is 0 Å². The number of rotatable bonds is 5. The van der Waals surface area contributed by atoms with Gasteiger partial charge in [0.25, 0.3) is 0 Å². The molecular weight excluding hydrogens is 212 g/mol. The highest BCUT2D eigenvalue weighted by Gasteiger charge is 2.26. The molecule has 1 unspecified atom stereocenters. The predicted molar refractivity (Wildman–Crippen MR) is 70.6 cm³/mol. The van der Waals surface area contributed by atoms with Gasteiger partial charge in [0.15, 0.2) is 0 Å². The Morgan fingerprint density at radius 2 is 2.24 bits per heavy atom. The lowest BCUT2D eigenvalue weighted by molar-refractivity contribution is -0.128. The Bertz CT molecular complexity index is 303. The molecule has 1 saturated heterocycles. The van der Waals surface area contributed by atoms with Crippen LogP contribution >= 0.6 is 0 Å². The first kappa shape index (κ1) is 14.1. The second-order valence-electron chi connectivity index (χ2n) is 4.85. The largest absolute Gasteiger partial charge is 0.329 e. The maximum Gasteiger partial charge on any atom is 0.223 e. The normalized spacial score (nSPS) is 19.6. The maximum atomic E-state index is 11.5. The van der Waals surface area contributed by atoms with Crippen LogP contribution in [0.25, 0.3) is 0 Å². The molecule has 0 aromatic carbocycles. The summed E-state index contributed by atoms with van der Waals surface area (Å²) in [6, 6.07) is 0.370. The van der Waals surface area contributed by atoms with Crippen LogP contribution in [0.3, 0.4) is 0 Å². The highest BCUT2D eigenvalue weighted by molar-refractivity contribution is 5.78. The summed E-state index contributed by atoms with van der Waals surface area (Å²) < 4.78 is 0. The van der Waals surface area contributed by atoms with Crippen LogP contribution in [0.2, 0.25) is 0 Å². The smallest absolute Gasteiger partial charge is 0.223 e. The van der Waals surface area contributed by atoms with Gasteiger partial charge in [-0.2, -0.15) is 0 Å². The third-order valence-corrected chi connectivity index (χ3v) is 3.25. The summed E-state index contributed by atoms with van der Waals surface area (Å²) in [5, 5.41) is 0. The SMILES string of the molecule is CCCCN(C)CC#CCN1C(=O)CCC1C. The molecule has 3 nitrogen and oxygen atoms in total.